The molecule has 0 aliphatic rings. The summed E-state index contributed by atoms with van der Waals surface area (Å²) < 4.78 is 5.78. The fraction of sp³-hybridized carbons (Fsp3) is 0.300. The summed E-state index contributed by atoms with van der Waals surface area (Å²) in [5, 5.41) is 15.3. The molecule has 25 heavy (non-hydrogen) atoms. The topological polar surface area (TPSA) is 62.1 Å². The van der Waals surface area contributed by atoms with E-state index >= 15 is 0 Å². The number of hydrogen-bond acceptors (Lipinski definition) is 4. The zero-order valence-corrected chi connectivity index (χ0v) is 14.6. The molecule has 5 nitrogen and oxygen atoms in total. The highest BCUT2D eigenvalue weighted by Gasteiger charge is 2.21. The van der Waals surface area contributed by atoms with E-state index in [9.17, 15) is 9.90 Å². The molecule has 0 saturated carbocycles. The quantitative estimate of drug-likeness (QED) is 0.551. The van der Waals surface area contributed by atoms with E-state index in [1.54, 1.807) is 11.2 Å². The van der Waals surface area contributed by atoms with Crippen LogP contribution < -0.4 is 4.74 Å². The lowest BCUT2D eigenvalue weighted by atomic mass is 10.0. The first kappa shape index (κ1) is 18.5. The molecule has 5 heteroatoms. The van der Waals surface area contributed by atoms with Gasteiger partial charge in [-0.05, 0) is 37.1 Å². The van der Waals surface area contributed by atoms with Gasteiger partial charge in [0.05, 0.1) is 12.5 Å². The van der Waals surface area contributed by atoms with Crippen molar-refractivity contribution in [3.63, 3.8) is 0 Å². The van der Waals surface area contributed by atoms with Gasteiger partial charge >= 0.3 is 5.97 Å². The minimum atomic E-state index is -0.848. The second kappa shape index (κ2) is 9.47. The molecular weight excluding hydrogens is 316 g/mol. The van der Waals surface area contributed by atoms with Crippen LogP contribution >= 0.6 is 0 Å². The summed E-state index contributed by atoms with van der Waals surface area (Å²) in [6.07, 6.45) is 1.67. The number of carboxylic acids is 1. The molecule has 0 saturated heterocycles. The lowest BCUT2D eigenvalue weighted by Gasteiger charge is -2.27. The molecule has 0 aliphatic carbocycles. The molecule has 2 rings (SSSR count). The number of carboxylic acid groups (broad SMARTS) is 1. The van der Waals surface area contributed by atoms with Crippen molar-refractivity contribution < 1.29 is 14.6 Å². The van der Waals surface area contributed by atoms with Gasteiger partial charge in [0, 0.05) is 12.8 Å². The zero-order valence-electron chi connectivity index (χ0n) is 14.6. The summed E-state index contributed by atoms with van der Waals surface area (Å²) in [6, 6.07) is 17.2. The fourth-order valence-electron chi connectivity index (χ4n) is 2.62. The van der Waals surface area contributed by atoms with Gasteiger partial charge < -0.3 is 9.84 Å². The third-order valence-electron chi connectivity index (χ3n) is 3.83. The van der Waals surface area contributed by atoms with Crippen LogP contribution in [0, 0.1) is 0 Å². The van der Waals surface area contributed by atoms with Crippen molar-refractivity contribution in [2.24, 2.45) is 5.10 Å². The Morgan fingerprint density at radius 2 is 1.88 bits per heavy atom. The first-order valence-electron chi connectivity index (χ1n) is 8.37. The maximum Gasteiger partial charge on any atom is 0.305 e. The summed E-state index contributed by atoms with van der Waals surface area (Å²) in [5.74, 6) is -0.0946. The Labute approximate surface area is 148 Å². The van der Waals surface area contributed by atoms with Gasteiger partial charge in [-0.2, -0.15) is 5.10 Å². The molecule has 132 valence electrons. The van der Waals surface area contributed by atoms with Gasteiger partial charge in [0.15, 0.2) is 0 Å². The average molecular weight is 340 g/mol. The molecule has 0 radical (unpaired) electrons. The van der Waals surface area contributed by atoms with Gasteiger partial charge in [-0.1, -0.05) is 42.5 Å². The van der Waals surface area contributed by atoms with Crippen molar-refractivity contribution in [1.82, 2.24) is 5.01 Å². The molecule has 0 heterocycles. The van der Waals surface area contributed by atoms with E-state index in [2.05, 4.69) is 5.10 Å². The molecule has 0 aromatic heterocycles. The van der Waals surface area contributed by atoms with Crippen LogP contribution in [0.15, 0.2) is 59.7 Å². The first-order valence-corrected chi connectivity index (χ1v) is 8.37. The van der Waals surface area contributed by atoms with Crippen molar-refractivity contribution in [2.75, 3.05) is 6.54 Å². The van der Waals surface area contributed by atoms with E-state index < -0.39 is 5.97 Å². The van der Waals surface area contributed by atoms with Crippen LogP contribution in [0.5, 0.6) is 5.75 Å². The Balaban J connectivity index is 2.10. The van der Waals surface area contributed by atoms with Crippen LogP contribution in [0.3, 0.4) is 0 Å². The summed E-state index contributed by atoms with van der Waals surface area (Å²) in [5.41, 5.74) is 2.01. The van der Waals surface area contributed by atoms with E-state index in [1.165, 1.54) is 0 Å². The molecule has 0 aliphatic heterocycles. The number of aliphatic carboxylic acids is 1. The minimum Gasteiger partial charge on any atom is -0.489 e. The van der Waals surface area contributed by atoms with Crippen molar-refractivity contribution >= 4 is 12.2 Å². The Hall–Kier alpha value is -2.82. The number of rotatable bonds is 9. The van der Waals surface area contributed by atoms with Gasteiger partial charge in [-0.3, -0.25) is 9.80 Å². The van der Waals surface area contributed by atoms with Gasteiger partial charge in [0.25, 0.3) is 0 Å². The number of hydrazone groups is 1. The molecule has 1 atom stereocenters. The first-order chi connectivity index (χ1) is 12.1. The molecule has 0 fully saturated rings. The van der Waals surface area contributed by atoms with Crippen LogP contribution in [-0.4, -0.2) is 28.8 Å². The van der Waals surface area contributed by atoms with Gasteiger partial charge in [-0.15, -0.1) is 0 Å². The predicted molar refractivity (Wildman–Crippen MR) is 98.8 cm³/mol. The molecule has 0 spiro atoms. The highest BCUT2D eigenvalue weighted by molar-refractivity contribution is 5.68. The van der Waals surface area contributed by atoms with Crippen molar-refractivity contribution in [3.8, 4) is 5.75 Å². The Morgan fingerprint density at radius 3 is 2.44 bits per heavy atom. The van der Waals surface area contributed by atoms with Crippen LogP contribution in [0.1, 0.15) is 37.4 Å². The molecule has 0 amide bonds. The number of benzene rings is 2. The van der Waals surface area contributed by atoms with E-state index in [0.717, 1.165) is 16.9 Å². The second-order valence-electron chi connectivity index (χ2n) is 5.59. The average Bonchev–Trinajstić information content (AvgIpc) is 2.64. The van der Waals surface area contributed by atoms with Crippen LogP contribution in [-0.2, 0) is 11.4 Å². The summed E-state index contributed by atoms with van der Waals surface area (Å²) in [4.78, 5) is 11.2. The monoisotopic (exact) mass is 340 g/mol. The van der Waals surface area contributed by atoms with Gasteiger partial charge in [0.2, 0.25) is 0 Å². The molecule has 1 N–H and O–H groups in total. The molecule has 2 aromatic rings. The highest BCUT2D eigenvalue weighted by Crippen LogP contribution is 2.26. The van der Waals surface area contributed by atoms with Gasteiger partial charge in [-0.25, -0.2) is 0 Å². The van der Waals surface area contributed by atoms with E-state index in [0.29, 0.717) is 13.2 Å². The maximum atomic E-state index is 11.2. The third-order valence-corrected chi connectivity index (χ3v) is 3.83. The minimum absolute atomic E-state index is 0.00456. The Kier molecular flexibility index (Phi) is 7.01. The van der Waals surface area contributed by atoms with Crippen LogP contribution in [0.25, 0.3) is 0 Å². The summed E-state index contributed by atoms with van der Waals surface area (Å²) >= 11 is 0. The molecule has 0 bridgehead atoms. The number of hydrogen-bond donors (Lipinski definition) is 1. The van der Waals surface area contributed by atoms with Crippen LogP contribution in [0.4, 0.5) is 0 Å². The number of ether oxygens (including phenoxy) is 1. The summed E-state index contributed by atoms with van der Waals surface area (Å²) in [7, 11) is 0. The molecule has 1 unspecified atom stereocenters. The van der Waals surface area contributed by atoms with Crippen molar-refractivity contribution in [1.29, 1.82) is 0 Å². The molecule has 2 aromatic carbocycles. The lowest BCUT2D eigenvalue weighted by Crippen LogP contribution is -2.26. The van der Waals surface area contributed by atoms with Crippen molar-refractivity contribution in [3.05, 3.63) is 65.7 Å². The van der Waals surface area contributed by atoms with E-state index in [4.69, 9.17) is 4.74 Å². The van der Waals surface area contributed by atoms with E-state index in [1.807, 2.05) is 68.4 Å². The SMILES string of the molecule is C/C=N\N(CC)C(CC(=O)O)c1ccc(OCc2ccccc2)cc1. The molecular formula is C20H24N2O3. The second-order valence-corrected chi connectivity index (χ2v) is 5.59. The lowest BCUT2D eigenvalue weighted by molar-refractivity contribution is -0.138. The normalized spacial score (nSPS) is 12.1. The summed E-state index contributed by atoms with van der Waals surface area (Å²) in [6.45, 7) is 4.91. The zero-order chi connectivity index (χ0) is 18.1. The third kappa shape index (κ3) is 5.64. The number of carbonyl (C=O) groups is 1. The van der Waals surface area contributed by atoms with E-state index in [-0.39, 0.29) is 12.5 Å². The highest BCUT2D eigenvalue weighted by atomic mass is 16.5. The smallest absolute Gasteiger partial charge is 0.305 e. The largest absolute Gasteiger partial charge is 0.489 e. The fourth-order valence-corrected chi connectivity index (χ4v) is 2.62. The van der Waals surface area contributed by atoms with Crippen molar-refractivity contribution in [2.45, 2.75) is 32.9 Å². The van der Waals surface area contributed by atoms with Crippen LogP contribution in [0.2, 0.25) is 0 Å². The standard InChI is InChI=1S/C20H24N2O3/c1-3-21-22(4-2)19(14-20(23)24)17-10-12-18(13-11-17)25-15-16-8-6-5-7-9-16/h3,5-13,19H,4,14-15H2,1-2H3,(H,23,24)/b21-3-. The Morgan fingerprint density at radius 1 is 1.20 bits per heavy atom. The van der Waals surface area contributed by atoms with Gasteiger partial charge in [0.1, 0.15) is 12.4 Å². The Bertz CT molecular complexity index is 684. The predicted octanol–water partition coefficient (Wildman–Crippen LogP) is 4.11. The number of nitrogens with zero attached hydrogens (tertiary/aromatic N) is 2. The maximum absolute atomic E-state index is 11.2.